The van der Waals surface area contributed by atoms with Crippen molar-refractivity contribution in [2.75, 3.05) is 6.54 Å². The Balaban J connectivity index is 1.64. The fourth-order valence-electron chi connectivity index (χ4n) is 3.06. The highest BCUT2D eigenvalue weighted by Gasteiger charge is 2.40. The number of urea groups is 1. The Kier molecular flexibility index (Phi) is 3.26. The number of phenols is 1. The summed E-state index contributed by atoms with van der Waals surface area (Å²) in [6.07, 6.45) is 1.56. The topological polar surface area (TPSA) is 94.8 Å². The number of benzene rings is 1. The van der Waals surface area contributed by atoms with Gasteiger partial charge in [0.15, 0.2) is 0 Å². The third-order valence-corrected chi connectivity index (χ3v) is 4.17. The zero-order valence-corrected chi connectivity index (χ0v) is 12.7. The molecule has 3 amide bonds. The van der Waals surface area contributed by atoms with Crippen LogP contribution in [0.4, 0.5) is 4.79 Å². The molecule has 1 atom stereocenters. The number of nitrogens with one attached hydrogen (secondary N) is 2. The van der Waals surface area contributed by atoms with Crippen LogP contribution in [0.1, 0.15) is 17.4 Å². The molecule has 0 aliphatic carbocycles. The number of hydrogen-bond acceptors (Lipinski definition) is 4. The van der Waals surface area contributed by atoms with Gasteiger partial charge in [0, 0.05) is 0 Å². The fourth-order valence-corrected chi connectivity index (χ4v) is 3.06. The van der Waals surface area contributed by atoms with Crippen LogP contribution >= 0.6 is 0 Å². The van der Waals surface area contributed by atoms with E-state index >= 15 is 0 Å². The minimum absolute atomic E-state index is 0.130. The number of rotatable bonds is 3. The van der Waals surface area contributed by atoms with Crippen LogP contribution < -0.4 is 10.6 Å². The molecule has 7 heteroatoms. The first-order valence-electron chi connectivity index (χ1n) is 7.53. The molecule has 0 radical (unpaired) electrons. The third-order valence-electron chi connectivity index (χ3n) is 4.17. The van der Waals surface area contributed by atoms with Crippen molar-refractivity contribution in [3.05, 3.63) is 65.3 Å². The number of phenolic OH excluding ortho intramolecular Hbond substituents is 1. The molecule has 7 nitrogen and oxygen atoms in total. The molecule has 3 N–H and O–H groups in total. The summed E-state index contributed by atoms with van der Waals surface area (Å²) in [6, 6.07) is 9.14. The molecule has 0 saturated heterocycles. The first-order chi connectivity index (χ1) is 11.6. The Morgan fingerprint density at radius 2 is 2.00 bits per heavy atom. The SMILES string of the molecule is O=C1NC2=C(C(=O)N(Cc3ccco3)C2)[C@@H](c2ccc(O)cc2)N1. The van der Waals surface area contributed by atoms with E-state index in [4.69, 9.17) is 4.42 Å². The lowest BCUT2D eigenvalue weighted by atomic mass is 9.96. The smallest absolute Gasteiger partial charge is 0.319 e. The lowest BCUT2D eigenvalue weighted by Gasteiger charge is -2.25. The number of carbonyl (C=O) groups excluding carboxylic acids is 2. The average molecular weight is 325 g/mol. The molecule has 0 spiro atoms. The van der Waals surface area contributed by atoms with Crippen molar-refractivity contribution in [1.82, 2.24) is 15.5 Å². The van der Waals surface area contributed by atoms with Crippen LogP contribution in [0.3, 0.4) is 0 Å². The molecule has 2 aromatic rings. The van der Waals surface area contributed by atoms with E-state index < -0.39 is 6.04 Å². The lowest BCUT2D eigenvalue weighted by molar-refractivity contribution is -0.126. The number of nitrogens with zero attached hydrogens (tertiary/aromatic N) is 1. The Morgan fingerprint density at radius 3 is 2.71 bits per heavy atom. The van der Waals surface area contributed by atoms with Crippen molar-refractivity contribution in [1.29, 1.82) is 0 Å². The molecule has 1 aromatic carbocycles. The fraction of sp³-hybridized carbons (Fsp3) is 0.176. The molecule has 0 unspecified atom stereocenters. The Bertz CT molecular complexity index is 824. The van der Waals surface area contributed by atoms with E-state index in [0.29, 0.717) is 30.1 Å². The third kappa shape index (κ3) is 2.40. The molecule has 4 rings (SSSR count). The Morgan fingerprint density at radius 1 is 1.21 bits per heavy atom. The van der Waals surface area contributed by atoms with Crippen LogP contribution in [0.2, 0.25) is 0 Å². The maximum absolute atomic E-state index is 12.8. The van der Waals surface area contributed by atoms with E-state index in [1.165, 1.54) is 12.1 Å². The van der Waals surface area contributed by atoms with E-state index in [1.807, 2.05) is 0 Å². The molecular formula is C17H15N3O4. The second kappa shape index (κ2) is 5.45. The van der Waals surface area contributed by atoms with Crippen molar-refractivity contribution in [2.45, 2.75) is 12.6 Å². The van der Waals surface area contributed by atoms with Gasteiger partial charge < -0.3 is 25.1 Å². The van der Waals surface area contributed by atoms with Crippen LogP contribution in [0.15, 0.2) is 58.3 Å². The Labute approximate surface area is 137 Å². The van der Waals surface area contributed by atoms with Crippen LogP contribution in [0, 0.1) is 0 Å². The van der Waals surface area contributed by atoms with Gasteiger partial charge in [-0.2, -0.15) is 0 Å². The van der Waals surface area contributed by atoms with Crippen molar-refractivity contribution >= 4 is 11.9 Å². The molecule has 24 heavy (non-hydrogen) atoms. The molecule has 3 heterocycles. The Hall–Kier alpha value is -3.22. The molecular weight excluding hydrogens is 310 g/mol. The normalized spacial score (nSPS) is 20.0. The van der Waals surface area contributed by atoms with E-state index in [-0.39, 0.29) is 17.7 Å². The molecule has 2 aliphatic heterocycles. The van der Waals surface area contributed by atoms with E-state index in [1.54, 1.807) is 35.4 Å². The summed E-state index contributed by atoms with van der Waals surface area (Å²) in [6.45, 7) is 0.674. The summed E-state index contributed by atoms with van der Waals surface area (Å²) in [4.78, 5) is 26.4. The maximum atomic E-state index is 12.8. The predicted octanol–water partition coefficient (Wildman–Crippen LogP) is 1.64. The summed E-state index contributed by atoms with van der Waals surface area (Å²) in [5, 5.41) is 14.9. The lowest BCUT2D eigenvalue weighted by Crippen LogP contribution is -2.44. The molecule has 0 saturated carbocycles. The highest BCUT2D eigenvalue weighted by Crippen LogP contribution is 2.33. The quantitative estimate of drug-likeness (QED) is 0.799. The second-order valence-corrected chi connectivity index (χ2v) is 5.76. The van der Waals surface area contributed by atoms with Crippen molar-refractivity contribution < 1.29 is 19.1 Å². The molecule has 0 bridgehead atoms. The zero-order valence-electron chi connectivity index (χ0n) is 12.7. The summed E-state index contributed by atoms with van der Waals surface area (Å²) in [7, 11) is 0. The number of hydrogen-bond donors (Lipinski definition) is 3. The number of furan rings is 1. The van der Waals surface area contributed by atoms with E-state index in [9.17, 15) is 14.7 Å². The maximum Gasteiger partial charge on any atom is 0.319 e. The van der Waals surface area contributed by atoms with Gasteiger partial charge in [-0.1, -0.05) is 12.1 Å². The standard InChI is InChI=1S/C17H15N3O4/c21-11-5-3-10(4-6-11)15-14-13(18-17(23)19-15)9-20(16(14)22)8-12-2-1-7-24-12/h1-7,15,21H,8-9H2,(H2,18,19,23)/t15-/m1/s1. The first-order valence-corrected chi connectivity index (χ1v) is 7.53. The molecule has 122 valence electrons. The number of amides is 3. The van der Waals surface area contributed by atoms with Gasteiger partial charge in [0.25, 0.3) is 5.91 Å². The van der Waals surface area contributed by atoms with Crippen LogP contribution in [0.25, 0.3) is 0 Å². The van der Waals surface area contributed by atoms with Gasteiger partial charge in [-0.05, 0) is 29.8 Å². The van der Waals surface area contributed by atoms with Gasteiger partial charge in [0.05, 0.1) is 36.7 Å². The van der Waals surface area contributed by atoms with Crippen LogP contribution in [-0.4, -0.2) is 28.5 Å². The van der Waals surface area contributed by atoms with Crippen LogP contribution in [0.5, 0.6) is 5.75 Å². The highest BCUT2D eigenvalue weighted by molar-refractivity contribution is 6.01. The van der Waals surface area contributed by atoms with Gasteiger partial charge in [0.1, 0.15) is 11.5 Å². The van der Waals surface area contributed by atoms with Crippen molar-refractivity contribution in [2.24, 2.45) is 0 Å². The van der Waals surface area contributed by atoms with Gasteiger partial charge in [-0.25, -0.2) is 4.79 Å². The molecule has 2 aliphatic rings. The number of aromatic hydroxyl groups is 1. The zero-order chi connectivity index (χ0) is 16.7. The van der Waals surface area contributed by atoms with Gasteiger partial charge >= 0.3 is 6.03 Å². The highest BCUT2D eigenvalue weighted by atomic mass is 16.3. The minimum atomic E-state index is -0.538. The number of carbonyl (C=O) groups is 2. The predicted molar refractivity (Wildman–Crippen MR) is 83.7 cm³/mol. The van der Waals surface area contributed by atoms with Gasteiger partial charge in [-0.3, -0.25) is 4.79 Å². The largest absolute Gasteiger partial charge is 0.508 e. The van der Waals surface area contributed by atoms with E-state index in [0.717, 1.165) is 5.56 Å². The summed E-state index contributed by atoms with van der Waals surface area (Å²) in [5.74, 6) is 0.668. The van der Waals surface area contributed by atoms with Gasteiger partial charge in [0.2, 0.25) is 0 Å². The monoisotopic (exact) mass is 325 g/mol. The van der Waals surface area contributed by atoms with Gasteiger partial charge in [-0.15, -0.1) is 0 Å². The van der Waals surface area contributed by atoms with Crippen molar-refractivity contribution in [3.63, 3.8) is 0 Å². The minimum Gasteiger partial charge on any atom is -0.508 e. The molecule has 1 aromatic heterocycles. The molecule has 0 fully saturated rings. The second-order valence-electron chi connectivity index (χ2n) is 5.76. The summed E-state index contributed by atoms with van der Waals surface area (Å²) >= 11 is 0. The van der Waals surface area contributed by atoms with Crippen LogP contribution in [-0.2, 0) is 11.3 Å². The summed E-state index contributed by atoms with van der Waals surface area (Å²) < 4.78 is 5.30. The first kappa shape index (κ1) is 14.4. The van der Waals surface area contributed by atoms with E-state index in [2.05, 4.69) is 10.6 Å². The average Bonchev–Trinajstić information content (AvgIpc) is 3.17. The summed E-state index contributed by atoms with van der Waals surface area (Å²) in [5.41, 5.74) is 1.86. The van der Waals surface area contributed by atoms with Crippen molar-refractivity contribution in [3.8, 4) is 5.75 Å².